The van der Waals surface area contributed by atoms with Gasteiger partial charge in [0.05, 0.1) is 18.6 Å². The second-order valence-corrected chi connectivity index (χ2v) is 20.1. The summed E-state index contributed by atoms with van der Waals surface area (Å²) >= 11 is 0. The Morgan fingerprint density at radius 2 is 1.08 bits per heavy atom. The zero-order valence-electron chi connectivity index (χ0n) is 44.1. The Morgan fingerprint density at radius 1 is 0.576 bits per heavy atom. The van der Waals surface area contributed by atoms with Gasteiger partial charge in [0.2, 0.25) is 0 Å². The Bertz CT molecular complexity index is 1250. The SMILES string of the molecule is CC/C=C\CC1C(CCOCC(COCCCCCCCC/C=C\C/C=C\CCCCC)OCCCCCCCC/C=C\C/C=C\CCCCC)CCC1OC(=O)C1(CC)CCN(C)CC1. The van der Waals surface area contributed by atoms with Crippen molar-refractivity contribution in [3.8, 4) is 0 Å². The minimum atomic E-state index is -0.320. The van der Waals surface area contributed by atoms with Gasteiger partial charge in [-0.05, 0) is 154 Å². The number of carbonyl (C=O) groups is 1. The van der Waals surface area contributed by atoms with Crippen LogP contribution in [0.25, 0.3) is 0 Å². The van der Waals surface area contributed by atoms with Crippen molar-refractivity contribution in [2.24, 2.45) is 17.3 Å². The lowest BCUT2D eigenvalue weighted by molar-refractivity contribution is -0.167. The highest BCUT2D eigenvalue weighted by Gasteiger charge is 2.44. The standard InChI is InChI=1S/C60H107NO5/c1-6-10-13-15-17-19-21-23-25-27-29-31-33-35-37-40-50-63-53-56(65-51-41-38-36-34-32-30-28-26-24-22-20-18-16-14-11-7-2)54-64-52-45-55-43-44-58(57(55)42-39-12-8-3)66-59(62)60(9-4)46-48-61(5)49-47-60/h12,17-20,23-26,39,55-58H,6-11,13-16,21-22,27-38,40-54H2,1-5H3/b19-17-,20-18-,25-23-,26-24-,39-12-. The van der Waals surface area contributed by atoms with Crippen LogP contribution in [0.3, 0.4) is 0 Å². The summed E-state index contributed by atoms with van der Waals surface area (Å²) in [6.07, 6.45) is 61.1. The first-order chi connectivity index (χ1) is 32.5. The van der Waals surface area contributed by atoms with Crippen molar-refractivity contribution in [2.75, 3.05) is 53.2 Å². The van der Waals surface area contributed by atoms with Crippen LogP contribution in [0, 0.1) is 17.3 Å². The maximum atomic E-state index is 13.7. The Balaban J connectivity index is 1.73. The van der Waals surface area contributed by atoms with E-state index in [-0.39, 0.29) is 23.6 Å². The van der Waals surface area contributed by atoms with Crippen molar-refractivity contribution in [1.82, 2.24) is 4.90 Å². The molecule has 6 nitrogen and oxygen atoms in total. The molecule has 0 aromatic carbocycles. The fourth-order valence-corrected chi connectivity index (χ4v) is 9.73. The first-order valence-electron chi connectivity index (χ1n) is 28.4. The fourth-order valence-electron chi connectivity index (χ4n) is 9.73. The molecule has 0 aromatic heterocycles. The third kappa shape index (κ3) is 30.5. The molecule has 0 N–H and O–H groups in total. The first-order valence-corrected chi connectivity index (χ1v) is 28.4. The van der Waals surface area contributed by atoms with Gasteiger partial charge in [-0.3, -0.25) is 4.79 Å². The number of nitrogens with zero attached hydrogens (tertiary/aromatic N) is 1. The summed E-state index contributed by atoms with van der Waals surface area (Å²) in [7, 11) is 2.16. The molecule has 382 valence electrons. The summed E-state index contributed by atoms with van der Waals surface area (Å²) in [6, 6.07) is 0. The van der Waals surface area contributed by atoms with Gasteiger partial charge in [0, 0.05) is 25.7 Å². The smallest absolute Gasteiger partial charge is 0.312 e. The summed E-state index contributed by atoms with van der Waals surface area (Å²) in [5, 5.41) is 0. The molecule has 6 heteroatoms. The summed E-state index contributed by atoms with van der Waals surface area (Å²) in [5.41, 5.74) is -0.320. The van der Waals surface area contributed by atoms with Crippen LogP contribution in [0.2, 0.25) is 0 Å². The molecule has 1 saturated heterocycles. The molecule has 0 bridgehead atoms. The summed E-state index contributed by atoms with van der Waals surface area (Å²) in [5.74, 6) is 0.908. The number of hydrogen-bond acceptors (Lipinski definition) is 6. The minimum absolute atomic E-state index is 0.00494. The molecule has 0 aromatic rings. The van der Waals surface area contributed by atoms with E-state index >= 15 is 0 Å². The minimum Gasteiger partial charge on any atom is -0.462 e. The van der Waals surface area contributed by atoms with Gasteiger partial charge in [0.1, 0.15) is 12.2 Å². The number of hydrogen-bond donors (Lipinski definition) is 0. The maximum absolute atomic E-state index is 13.7. The highest BCUT2D eigenvalue weighted by atomic mass is 16.6. The number of unbranched alkanes of at least 4 members (excludes halogenated alkanes) is 18. The highest BCUT2D eigenvalue weighted by Crippen LogP contribution is 2.42. The molecule has 4 unspecified atom stereocenters. The molecule has 66 heavy (non-hydrogen) atoms. The van der Waals surface area contributed by atoms with Gasteiger partial charge in [0.25, 0.3) is 0 Å². The van der Waals surface area contributed by atoms with Crippen molar-refractivity contribution in [1.29, 1.82) is 0 Å². The van der Waals surface area contributed by atoms with Gasteiger partial charge < -0.3 is 23.8 Å². The van der Waals surface area contributed by atoms with E-state index in [4.69, 9.17) is 18.9 Å². The van der Waals surface area contributed by atoms with Crippen LogP contribution in [0.15, 0.2) is 60.8 Å². The summed E-state index contributed by atoms with van der Waals surface area (Å²) in [6.45, 7) is 14.3. The topological polar surface area (TPSA) is 57.2 Å². The molecular formula is C60H107NO5. The maximum Gasteiger partial charge on any atom is 0.312 e. The van der Waals surface area contributed by atoms with Crippen LogP contribution in [0.4, 0.5) is 0 Å². The zero-order valence-corrected chi connectivity index (χ0v) is 44.1. The average molecular weight is 923 g/mol. The Morgan fingerprint density at radius 3 is 1.61 bits per heavy atom. The lowest BCUT2D eigenvalue weighted by Gasteiger charge is -2.39. The normalized spacial score (nSPS) is 19.8. The molecule has 1 aliphatic carbocycles. The number of esters is 1. The number of allylic oxidation sites excluding steroid dienone is 10. The third-order valence-electron chi connectivity index (χ3n) is 14.5. The number of carbonyl (C=O) groups excluding carboxylic acids is 1. The molecule has 0 amide bonds. The van der Waals surface area contributed by atoms with Crippen molar-refractivity contribution in [3.63, 3.8) is 0 Å². The summed E-state index contributed by atoms with van der Waals surface area (Å²) < 4.78 is 25.6. The van der Waals surface area contributed by atoms with Crippen LogP contribution in [-0.4, -0.2) is 76.2 Å². The predicted molar refractivity (Wildman–Crippen MR) is 284 cm³/mol. The highest BCUT2D eigenvalue weighted by molar-refractivity contribution is 5.77. The van der Waals surface area contributed by atoms with Crippen molar-refractivity contribution in [3.05, 3.63) is 60.8 Å². The molecule has 2 rings (SSSR count). The van der Waals surface area contributed by atoms with Gasteiger partial charge in [-0.2, -0.15) is 0 Å². The molecule has 2 fully saturated rings. The second kappa shape index (κ2) is 43.1. The Kier molecular flexibility index (Phi) is 39.2. The summed E-state index contributed by atoms with van der Waals surface area (Å²) in [4.78, 5) is 16.1. The number of piperidine rings is 1. The molecule has 0 spiro atoms. The Hall–Kier alpha value is -1.99. The van der Waals surface area contributed by atoms with Crippen LogP contribution < -0.4 is 0 Å². The molecule has 1 heterocycles. The van der Waals surface area contributed by atoms with Crippen molar-refractivity contribution in [2.45, 2.75) is 245 Å². The largest absolute Gasteiger partial charge is 0.462 e. The van der Waals surface area contributed by atoms with E-state index in [1.165, 1.54) is 128 Å². The van der Waals surface area contributed by atoms with Gasteiger partial charge >= 0.3 is 5.97 Å². The second-order valence-electron chi connectivity index (χ2n) is 20.1. The molecule has 4 atom stereocenters. The number of rotatable bonds is 44. The molecule has 1 saturated carbocycles. The van der Waals surface area contributed by atoms with E-state index in [0.29, 0.717) is 31.7 Å². The lowest BCUT2D eigenvalue weighted by atomic mass is 9.76. The van der Waals surface area contributed by atoms with Gasteiger partial charge in [-0.15, -0.1) is 0 Å². The van der Waals surface area contributed by atoms with Crippen LogP contribution in [0.1, 0.15) is 233 Å². The quantitative estimate of drug-likeness (QED) is 0.0345. The van der Waals surface area contributed by atoms with Crippen molar-refractivity contribution >= 4 is 5.97 Å². The molecule has 1 aliphatic heterocycles. The Labute approximate surface area is 409 Å². The van der Waals surface area contributed by atoms with E-state index in [2.05, 4.69) is 100 Å². The monoisotopic (exact) mass is 922 g/mol. The van der Waals surface area contributed by atoms with E-state index in [1.54, 1.807) is 0 Å². The predicted octanol–water partition coefficient (Wildman–Crippen LogP) is 16.8. The number of likely N-dealkylation sites (tertiary alicyclic amines) is 1. The average Bonchev–Trinajstić information content (AvgIpc) is 3.70. The first kappa shape index (κ1) is 60.1. The number of ether oxygens (including phenoxy) is 4. The van der Waals surface area contributed by atoms with E-state index < -0.39 is 0 Å². The van der Waals surface area contributed by atoms with Crippen LogP contribution in [0.5, 0.6) is 0 Å². The molecule has 0 radical (unpaired) electrons. The van der Waals surface area contributed by atoms with E-state index in [9.17, 15) is 4.79 Å². The van der Waals surface area contributed by atoms with Gasteiger partial charge in [-0.25, -0.2) is 0 Å². The third-order valence-corrected chi connectivity index (χ3v) is 14.5. The van der Waals surface area contributed by atoms with Crippen LogP contribution >= 0.6 is 0 Å². The van der Waals surface area contributed by atoms with Gasteiger partial charge in [-0.1, -0.05) is 166 Å². The molecule has 2 aliphatic rings. The van der Waals surface area contributed by atoms with E-state index in [0.717, 1.165) is 103 Å². The molecular weight excluding hydrogens is 815 g/mol. The van der Waals surface area contributed by atoms with Crippen molar-refractivity contribution < 1.29 is 23.7 Å². The van der Waals surface area contributed by atoms with Crippen LogP contribution in [-0.2, 0) is 23.7 Å². The van der Waals surface area contributed by atoms with Gasteiger partial charge in [0.15, 0.2) is 0 Å². The lowest BCUT2D eigenvalue weighted by Crippen LogP contribution is -2.44. The fraction of sp³-hybridized carbons (Fsp3) is 0.817. The zero-order chi connectivity index (χ0) is 47.4. The van der Waals surface area contributed by atoms with E-state index in [1.807, 2.05) is 0 Å².